The Labute approximate surface area is 238 Å². The van der Waals surface area contributed by atoms with Gasteiger partial charge >= 0.3 is 0 Å². The number of hydrogen-bond acceptors (Lipinski definition) is 7. The number of carbonyl (C=O) groups excluding carboxylic acids is 1. The quantitative estimate of drug-likeness (QED) is 0.278. The van der Waals surface area contributed by atoms with Crippen molar-refractivity contribution in [2.45, 2.75) is 55.4 Å². The zero-order chi connectivity index (χ0) is 29.7. The van der Waals surface area contributed by atoms with Gasteiger partial charge in [-0.1, -0.05) is 62.7 Å². The fourth-order valence-corrected chi connectivity index (χ4v) is 6.23. The lowest BCUT2D eigenvalue weighted by atomic mass is 9.99. The van der Waals surface area contributed by atoms with Crippen LogP contribution in [0.2, 0.25) is 0 Å². The Morgan fingerprint density at radius 2 is 1.78 bits per heavy atom. The third kappa shape index (κ3) is 5.76. The van der Waals surface area contributed by atoms with Crippen LogP contribution < -0.4 is 11.3 Å². The first-order valence-electron chi connectivity index (χ1n) is 13.2. The molecule has 0 radical (unpaired) electrons. The summed E-state index contributed by atoms with van der Waals surface area (Å²) in [7, 11) is -4.51. The van der Waals surface area contributed by atoms with E-state index in [9.17, 15) is 28.4 Å². The number of carbonyl (C=O) groups is 1. The van der Waals surface area contributed by atoms with E-state index in [0.717, 1.165) is 6.42 Å². The van der Waals surface area contributed by atoms with E-state index in [4.69, 9.17) is 5.73 Å². The Morgan fingerprint density at radius 3 is 2.41 bits per heavy atom. The average molecular weight is 571 g/mol. The van der Waals surface area contributed by atoms with Gasteiger partial charge < -0.3 is 10.8 Å². The van der Waals surface area contributed by atoms with Crippen molar-refractivity contribution in [3.05, 3.63) is 106 Å². The summed E-state index contributed by atoms with van der Waals surface area (Å²) < 4.78 is 28.9. The van der Waals surface area contributed by atoms with Crippen LogP contribution in [-0.4, -0.2) is 29.0 Å². The highest BCUT2D eigenvalue weighted by molar-refractivity contribution is 7.91. The van der Waals surface area contributed by atoms with Crippen LogP contribution in [0.4, 0.5) is 0 Å². The molecule has 3 N–H and O–H groups in total. The molecule has 0 bridgehead atoms. The lowest BCUT2D eigenvalue weighted by Gasteiger charge is -2.23. The van der Waals surface area contributed by atoms with Crippen molar-refractivity contribution >= 4 is 15.7 Å². The molecule has 3 aromatic carbocycles. The van der Waals surface area contributed by atoms with Crippen molar-refractivity contribution in [1.29, 1.82) is 5.26 Å². The molecule has 10 heteroatoms. The molecule has 0 spiro atoms. The Bertz CT molecular complexity index is 1810. The monoisotopic (exact) mass is 570 g/mol. The molecular formula is C31H30N4O5S. The molecule has 1 aromatic heterocycles. The van der Waals surface area contributed by atoms with Crippen molar-refractivity contribution in [3.8, 4) is 23.1 Å². The number of amides is 1. The second kappa shape index (κ2) is 12.2. The van der Waals surface area contributed by atoms with E-state index in [1.54, 1.807) is 48.5 Å². The van der Waals surface area contributed by atoms with Gasteiger partial charge in [-0.05, 0) is 59.9 Å². The first kappa shape index (κ1) is 29.2. The number of primary amides is 1. The number of unbranched alkanes of at least 4 members (excludes halogenated alkanes) is 1. The number of rotatable bonds is 10. The van der Waals surface area contributed by atoms with Crippen LogP contribution in [0.15, 0.2) is 87.4 Å². The molecule has 0 fully saturated rings. The second-order valence-electron chi connectivity index (χ2n) is 9.56. The minimum absolute atomic E-state index is 0.223. The molecule has 0 aliphatic rings. The zero-order valence-corrected chi connectivity index (χ0v) is 23.6. The smallest absolute Gasteiger partial charge is 0.277 e. The third-order valence-corrected chi connectivity index (χ3v) is 8.71. The van der Waals surface area contributed by atoms with Crippen molar-refractivity contribution in [2.75, 3.05) is 0 Å². The lowest BCUT2D eigenvalue weighted by molar-refractivity contribution is 0.100. The summed E-state index contributed by atoms with van der Waals surface area (Å²) in [5, 5.41) is 20.2. The Kier molecular flexibility index (Phi) is 8.69. The first-order chi connectivity index (χ1) is 19.6. The molecule has 1 atom stereocenters. The van der Waals surface area contributed by atoms with E-state index in [-0.39, 0.29) is 16.3 Å². The normalized spacial score (nSPS) is 12.0. The molecule has 0 unspecified atom stereocenters. The molecule has 0 aliphatic heterocycles. The van der Waals surface area contributed by atoms with Gasteiger partial charge in [0, 0.05) is 12.0 Å². The van der Waals surface area contributed by atoms with Gasteiger partial charge in [-0.25, -0.2) is 8.42 Å². The molecule has 0 saturated heterocycles. The molecule has 4 rings (SSSR count). The lowest BCUT2D eigenvalue weighted by Crippen LogP contribution is -2.33. The Morgan fingerprint density at radius 1 is 1.07 bits per heavy atom. The molecule has 0 aliphatic carbocycles. The van der Waals surface area contributed by atoms with E-state index >= 15 is 0 Å². The molecule has 210 valence electrons. The number of aromatic nitrogens is 2. The van der Waals surface area contributed by atoms with Crippen LogP contribution in [-0.2, 0) is 16.3 Å². The number of hydrogen-bond donors (Lipinski definition) is 2. The summed E-state index contributed by atoms with van der Waals surface area (Å²) >= 11 is 0. The van der Waals surface area contributed by atoms with Crippen LogP contribution in [0.1, 0.15) is 66.5 Å². The topological polar surface area (TPSA) is 156 Å². The number of aromatic hydroxyl groups is 1. The van der Waals surface area contributed by atoms with Crippen molar-refractivity contribution in [2.24, 2.45) is 5.73 Å². The minimum atomic E-state index is -4.51. The largest absolute Gasteiger partial charge is 0.492 e. The van der Waals surface area contributed by atoms with Crippen molar-refractivity contribution < 1.29 is 18.3 Å². The first-order valence-corrected chi connectivity index (χ1v) is 14.7. The van der Waals surface area contributed by atoms with Gasteiger partial charge in [-0.3, -0.25) is 14.2 Å². The maximum absolute atomic E-state index is 14.0. The summed E-state index contributed by atoms with van der Waals surface area (Å²) in [6.07, 6.45) is 2.22. The predicted molar refractivity (Wildman–Crippen MR) is 154 cm³/mol. The molecule has 9 nitrogen and oxygen atoms in total. The maximum Gasteiger partial charge on any atom is 0.277 e. The standard InChI is InChI=1S/C31H30N4O5S/c1-3-5-13-27-34-30(37)28(31(38)35(27)26(4-2)22-10-8-9-20(18-22)19-32)41(39,40)23-16-14-21(15-17-23)24-11-6-7-12-25(24)29(33)36/h6-12,14-18,26,37H,3-5,13H2,1-2H3,(H2,33,36)/t26-/m0/s1. The number of nitrogens with zero attached hydrogens (tertiary/aromatic N) is 3. The van der Waals surface area contributed by atoms with E-state index in [1.807, 2.05) is 13.8 Å². The van der Waals surface area contributed by atoms with E-state index in [0.29, 0.717) is 41.5 Å². The van der Waals surface area contributed by atoms with Crippen molar-refractivity contribution in [1.82, 2.24) is 9.55 Å². The van der Waals surface area contributed by atoms with Gasteiger partial charge in [0.1, 0.15) is 5.82 Å². The van der Waals surface area contributed by atoms with Gasteiger partial charge in [0.15, 0.2) is 4.90 Å². The van der Waals surface area contributed by atoms with Crippen LogP contribution >= 0.6 is 0 Å². The van der Waals surface area contributed by atoms with Gasteiger partial charge in [-0.2, -0.15) is 10.2 Å². The fourth-order valence-electron chi connectivity index (χ4n) is 4.88. The molecule has 0 saturated carbocycles. The van der Waals surface area contributed by atoms with E-state index < -0.39 is 38.1 Å². The second-order valence-corrected chi connectivity index (χ2v) is 11.4. The summed E-state index contributed by atoms with van der Waals surface area (Å²) in [6, 6.07) is 20.6. The van der Waals surface area contributed by atoms with Crippen molar-refractivity contribution in [3.63, 3.8) is 0 Å². The van der Waals surface area contributed by atoms with Crippen LogP contribution in [0.3, 0.4) is 0 Å². The van der Waals surface area contributed by atoms with Gasteiger partial charge in [0.2, 0.25) is 21.6 Å². The molecular weight excluding hydrogens is 540 g/mol. The third-order valence-electron chi connectivity index (χ3n) is 6.92. The summed E-state index contributed by atoms with van der Waals surface area (Å²) in [5.74, 6) is -1.22. The number of nitrogens with two attached hydrogens (primary N) is 1. The summed E-state index contributed by atoms with van der Waals surface area (Å²) in [6.45, 7) is 3.82. The number of benzene rings is 3. The average Bonchev–Trinajstić information content (AvgIpc) is 2.97. The number of sulfone groups is 1. The van der Waals surface area contributed by atoms with E-state index in [2.05, 4.69) is 11.1 Å². The maximum atomic E-state index is 14.0. The van der Waals surface area contributed by atoms with Crippen LogP contribution in [0.5, 0.6) is 5.88 Å². The summed E-state index contributed by atoms with van der Waals surface area (Å²) in [5.41, 5.74) is 7.02. The Hall–Kier alpha value is -4.75. The predicted octanol–water partition coefficient (Wildman–Crippen LogP) is 4.76. The van der Waals surface area contributed by atoms with Crippen LogP contribution in [0.25, 0.3) is 11.1 Å². The fraction of sp³-hybridized carbons (Fsp3) is 0.226. The van der Waals surface area contributed by atoms with Gasteiger partial charge in [-0.15, -0.1) is 0 Å². The van der Waals surface area contributed by atoms with Gasteiger partial charge in [0.25, 0.3) is 5.56 Å². The molecule has 41 heavy (non-hydrogen) atoms. The Balaban J connectivity index is 1.87. The highest BCUT2D eigenvalue weighted by Gasteiger charge is 2.31. The molecule has 1 heterocycles. The molecule has 1 amide bonds. The zero-order valence-electron chi connectivity index (χ0n) is 22.7. The minimum Gasteiger partial charge on any atom is -0.492 e. The highest BCUT2D eigenvalue weighted by Crippen LogP contribution is 2.31. The van der Waals surface area contributed by atoms with Gasteiger partial charge in [0.05, 0.1) is 22.6 Å². The highest BCUT2D eigenvalue weighted by atomic mass is 32.2. The number of aryl methyl sites for hydroxylation is 1. The van der Waals surface area contributed by atoms with E-state index in [1.165, 1.54) is 28.8 Å². The summed E-state index contributed by atoms with van der Waals surface area (Å²) in [4.78, 5) is 29.0. The van der Waals surface area contributed by atoms with Crippen LogP contribution in [0, 0.1) is 11.3 Å². The molecule has 4 aromatic rings. The SMILES string of the molecule is CCCCc1nc(O)c(S(=O)(=O)c2ccc(-c3ccccc3C(N)=O)cc2)c(=O)n1[C@@H](CC)c1cccc(C#N)c1. The number of nitriles is 1.